The zero-order valence-corrected chi connectivity index (χ0v) is 22.1. The van der Waals surface area contributed by atoms with E-state index in [2.05, 4.69) is 44.8 Å². The second-order valence-corrected chi connectivity index (χ2v) is 9.14. The predicted molar refractivity (Wildman–Crippen MR) is 143 cm³/mol. The Morgan fingerprint density at radius 3 is 2.00 bits per heavy atom. The number of methoxy groups -OCH3 is 3. The third kappa shape index (κ3) is 4.71. The van der Waals surface area contributed by atoms with Crippen molar-refractivity contribution in [3.05, 3.63) is 93.7 Å². The first-order valence-electron chi connectivity index (χ1n) is 11.2. The van der Waals surface area contributed by atoms with Gasteiger partial charge in [-0.25, -0.2) is 0 Å². The van der Waals surface area contributed by atoms with Crippen LogP contribution in [0, 0.1) is 6.92 Å². The summed E-state index contributed by atoms with van der Waals surface area (Å²) in [4.78, 5) is 13.1. The minimum atomic E-state index is -0.00331. The summed E-state index contributed by atoms with van der Waals surface area (Å²) >= 11 is 3.53. The molecule has 180 valence electrons. The molecule has 0 N–H and O–H groups in total. The van der Waals surface area contributed by atoms with E-state index in [4.69, 9.17) is 14.2 Å². The smallest absolute Gasteiger partial charge is 0.203 e. The summed E-state index contributed by atoms with van der Waals surface area (Å²) in [6.45, 7) is 3.61. The van der Waals surface area contributed by atoms with Gasteiger partial charge in [0.2, 0.25) is 5.75 Å². The highest BCUT2D eigenvalue weighted by atomic mass is 79.9. The molecule has 0 saturated carbocycles. The SMILES string of the molecule is COc1cc(-c2c(C(C)=O)c(C)n(-c3ccc(Br)cc3)c2Cc2ccccc2)cc(OC)c1OC. The van der Waals surface area contributed by atoms with E-state index in [1.165, 1.54) is 0 Å². The Bertz CT molecular complexity index is 1330. The summed E-state index contributed by atoms with van der Waals surface area (Å²) in [6, 6.07) is 22.2. The highest BCUT2D eigenvalue weighted by molar-refractivity contribution is 9.10. The molecule has 0 aliphatic heterocycles. The molecule has 0 aliphatic rings. The van der Waals surface area contributed by atoms with Gasteiger partial charge in [-0.15, -0.1) is 0 Å². The van der Waals surface area contributed by atoms with Crippen molar-refractivity contribution in [2.24, 2.45) is 0 Å². The molecule has 0 bridgehead atoms. The van der Waals surface area contributed by atoms with E-state index in [-0.39, 0.29) is 5.78 Å². The number of benzene rings is 3. The largest absolute Gasteiger partial charge is 0.493 e. The summed E-state index contributed by atoms with van der Waals surface area (Å²) in [5.74, 6) is 1.58. The van der Waals surface area contributed by atoms with Crippen LogP contribution >= 0.6 is 15.9 Å². The van der Waals surface area contributed by atoms with E-state index in [0.717, 1.165) is 38.2 Å². The second-order valence-electron chi connectivity index (χ2n) is 8.23. The molecule has 0 fully saturated rings. The number of ether oxygens (including phenoxy) is 3. The standard InChI is InChI=1S/C29H28BrNO4/c1-18-27(19(2)32)28(21-16-25(33-3)29(35-5)26(17-21)34-4)24(15-20-9-7-6-8-10-20)31(18)23-13-11-22(30)12-14-23/h6-14,16-17H,15H2,1-5H3. The number of carbonyl (C=O) groups excluding carboxylic acids is 1. The molecular weight excluding hydrogens is 506 g/mol. The molecule has 0 unspecified atom stereocenters. The van der Waals surface area contributed by atoms with Crippen LogP contribution in [0.25, 0.3) is 16.8 Å². The van der Waals surface area contributed by atoms with Gasteiger partial charge < -0.3 is 18.8 Å². The molecule has 0 amide bonds. The lowest BCUT2D eigenvalue weighted by atomic mass is 9.95. The fourth-order valence-corrected chi connectivity index (χ4v) is 4.88. The second kappa shape index (κ2) is 10.4. The molecule has 1 heterocycles. The fraction of sp³-hybridized carbons (Fsp3) is 0.207. The maximum absolute atomic E-state index is 13.1. The maximum atomic E-state index is 13.1. The normalized spacial score (nSPS) is 10.8. The number of hydrogen-bond donors (Lipinski definition) is 0. The minimum Gasteiger partial charge on any atom is -0.493 e. The molecule has 0 radical (unpaired) electrons. The van der Waals surface area contributed by atoms with Crippen LogP contribution in [-0.4, -0.2) is 31.7 Å². The van der Waals surface area contributed by atoms with E-state index in [1.54, 1.807) is 28.3 Å². The van der Waals surface area contributed by atoms with Crippen molar-refractivity contribution in [1.29, 1.82) is 0 Å². The quantitative estimate of drug-likeness (QED) is 0.228. The molecule has 3 aromatic carbocycles. The third-order valence-corrected chi connectivity index (χ3v) is 6.64. The van der Waals surface area contributed by atoms with Crippen molar-refractivity contribution in [1.82, 2.24) is 4.57 Å². The van der Waals surface area contributed by atoms with Crippen molar-refractivity contribution in [3.63, 3.8) is 0 Å². The van der Waals surface area contributed by atoms with Gasteiger partial charge in [0.1, 0.15) is 0 Å². The van der Waals surface area contributed by atoms with Gasteiger partial charge >= 0.3 is 0 Å². The van der Waals surface area contributed by atoms with Gasteiger partial charge in [-0.05, 0) is 61.4 Å². The summed E-state index contributed by atoms with van der Waals surface area (Å²) in [7, 11) is 4.77. The fourth-order valence-electron chi connectivity index (χ4n) is 4.61. The number of hydrogen-bond acceptors (Lipinski definition) is 4. The lowest BCUT2D eigenvalue weighted by Gasteiger charge is -2.17. The van der Waals surface area contributed by atoms with Gasteiger partial charge in [0.25, 0.3) is 0 Å². The Kier molecular flexibility index (Phi) is 7.31. The molecule has 4 aromatic rings. The molecule has 5 nitrogen and oxygen atoms in total. The van der Waals surface area contributed by atoms with Crippen LogP contribution in [-0.2, 0) is 6.42 Å². The van der Waals surface area contributed by atoms with E-state index >= 15 is 0 Å². The van der Waals surface area contributed by atoms with Crippen LogP contribution in [0.5, 0.6) is 17.2 Å². The van der Waals surface area contributed by atoms with Gasteiger partial charge in [0.15, 0.2) is 17.3 Å². The van der Waals surface area contributed by atoms with Gasteiger partial charge in [0, 0.05) is 39.1 Å². The summed E-state index contributed by atoms with van der Waals surface area (Å²) in [5, 5.41) is 0. The van der Waals surface area contributed by atoms with Crippen molar-refractivity contribution < 1.29 is 19.0 Å². The lowest BCUT2D eigenvalue weighted by Crippen LogP contribution is -2.04. The molecule has 0 spiro atoms. The Morgan fingerprint density at radius 2 is 1.49 bits per heavy atom. The van der Waals surface area contributed by atoms with Crippen LogP contribution < -0.4 is 14.2 Å². The molecular formula is C29H28BrNO4. The maximum Gasteiger partial charge on any atom is 0.203 e. The molecule has 0 atom stereocenters. The first-order chi connectivity index (χ1) is 16.9. The van der Waals surface area contributed by atoms with Crippen LogP contribution in [0.4, 0.5) is 0 Å². The number of halogens is 1. The first-order valence-corrected chi connectivity index (χ1v) is 12.0. The zero-order valence-electron chi connectivity index (χ0n) is 20.5. The Hall–Kier alpha value is -3.51. The number of Topliss-reactive ketones (excluding diaryl/α,β-unsaturated/α-hetero) is 1. The van der Waals surface area contributed by atoms with E-state index in [1.807, 2.05) is 49.4 Å². The molecule has 1 aromatic heterocycles. The van der Waals surface area contributed by atoms with Crippen molar-refractivity contribution >= 4 is 21.7 Å². The van der Waals surface area contributed by atoms with Crippen molar-refractivity contribution in [3.8, 4) is 34.1 Å². The van der Waals surface area contributed by atoms with Crippen LogP contribution in [0.2, 0.25) is 0 Å². The number of aromatic nitrogens is 1. The van der Waals surface area contributed by atoms with Crippen LogP contribution in [0.1, 0.15) is 34.2 Å². The van der Waals surface area contributed by atoms with E-state index < -0.39 is 0 Å². The molecule has 6 heteroatoms. The first kappa shape index (κ1) is 24.6. The Balaban J connectivity index is 2.09. The average molecular weight is 534 g/mol. The summed E-state index contributed by atoms with van der Waals surface area (Å²) < 4.78 is 20.0. The van der Waals surface area contributed by atoms with Crippen LogP contribution in [0.3, 0.4) is 0 Å². The number of rotatable bonds is 8. The van der Waals surface area contributed by atoms with E-state index in [9.17, 15) is 4.79 Å². The number of ketones is 1. The Morgan fingerprint density at radius 1 is 0.886 bits per heavy atom. The van der Waals surface area contributed by atoms with Gasteiger partial charge in [-0.1, -0.05) is 46.3 Å². The highest BCUT2D eigenvalue weighted by Crippen LogP contribution is 2.45. The summed E-state index contributed by atoms with van der Waals surface area (Å²) in [6.07, 6.45) is 0.636. The van der Waals surface area contributed by atoms with Crippen molar-refractivity contribution in [2.75, 3.05) is 21.3 Å². The number of carbonyl (C=O) groups is 1. The van der Waals surface area contributed by atoms with Gasteiger partial charge in [0.05, 0.1) is 21.3 Å². The minimum absolute atomic E-state index is 0.00331. The molecule has 4 rings (SSSR count). The molecule has 35 heavy (non-hydrogen) atoms. The van der Waals surface area contributed by atoms with Crippen LogP contribution in [0.15, 0.2) is 71.2 Å². The van der Waals surface area contributed by atoms with E-state index in [0.29, 0.717) is 29.2 Å². The average Bonchev–Trinajstić information content (AvgIpc) is 3.15. The number of nitrogens with zero attached hydrogens (tertiary/aromatic N) is 1. The topological polar surface area (TPSA) is 49.7 Å². The highest BCUT2D eigenvalue weighted by Gasteiger charge is 2.27. The molecule has 0 aliphatic carbocycles. The Labute approximate surface area is 214 Å². The van der Waals surface area contributed by atoms with Crippen molar-refractivity contribution in [2.45, 2.75) is 20.3 Å². The van der Waals surface area contributed by atoms with Gasteiger partial charge in [-0.2, -0.15) is 0 Å². The molecule has 0 saturated heterocycles. The van der Waals surface area contributed by atoms with Gasteiger partial charge in [-0.3, -0.25) is 4.79 Å². The monoisotopic (exact) mass is 533 g/mol. The summed E-state index contributed by atoms with van der Waals surface area (Å²) in [5.41, 5.74) is 6.39. The third-order valence-electron chi connectivity index (χ3n) is 6.11. The zero-order chi connectivity index (χ0) is 25.1. The lowest BCUT2D eigenvalue weighted by molar-refractivity contribution is 0.101. The predicted octanol–water partition coefficient (Wildman–Crippen LogP) is 7.03.